The minimum Gasteiger partial charge on any atom is -0.744 e. The van der Waals surface area contributed by atoms with Gasteiger partial charge in [-0.15, -0.1) is 0 Å². The average Bonchev–Trinajstić information content (AvgIpc) is 2.54. The van der Waals surface area contributed by atoms with Crippen LogP contribution < -0.4 is 0 Å². The Morgan fingerprint density at radius 2 is 0.889 bits per heavy atom. The molecule has 0 aliphatic heterocycles. The Morgan fingerprint density at radius 3 is 1.07 bits per heavy atom. The minimum absolute atomic E-state index is 0. The first-order valence-corrected chi connectivity index (χ1v) is 10.8. The van der Waals surface area contributed by atoms with Crippen molar-refractivity contribution in [2.45, 2.75) is 49.3 Å². The first-order chi connectivity index (χ1) is 11.9. The van der Waals surface area contributed by atoms with Crippen LogP contribution in [0.3, 0.4) is 0 Å². The van der Waals surface area contributed by atoms with Gasteiger partial charge in [0.2, 0.25) is 0 Å². The zero-order valence-corrected chi connectivity index (χ0v) is 18.2. The largest absolute Gasteiger partial charge is 2.00 e. The molecule has 6 nitrogen and oxygen atoms in total. The van der Waals surface area contributed by atoms with Crippen LogP contribution >= 0.6 is 0 Å². The van der Waals surface area contributed by atoms with Crippen molar-refractivity contribution in [3.05, 3.63) is 59.7 Å². The number of rotatable bonds is 4. The molecule has 0 spiro atoms. The summed E-state index contributed by atoms with van der Waals surface area (Å²) < 4.78 is 64.8. The Balaban J connectivity index is 0.000000483. The third-order valence-electron chi connectivity index (χ3n) is 3.62. The fourth-order valence-corrected chi connectivity index (χ4v) is 4.05. The third-order valence-corrected chi connectivity index (χ3v) is 5.44. The van der Waals surface area contributed by atoms with Gasteiger partial charge in [0.15, 0.2) is 0 Å². The molecule has 149 valence electrons. The normalized spacial score (nSPS) is 11.6. The van der Waals surface area contributed by atoms with Gasteiger partial charge in [0.25, 0.3) is 0 Å². The smallest absolute Gasteiger partial charge is 0.744 e. The van der Waals surface area contributed by atoms with E-state index in [9.17, 15) is 25.9 Å². The van der Waals surface area contributed by atoms with Crippen LogP contribution in [-0.4, -0.2) is 25.9 Å². The van der Waals surface area contributed by atoms with E-state index in [2.05, 4.69) is 0 Å². The van der Waals surface area contributed by atoms with E-state index in [-0.39, 0.29) is 38.7 Å². The van der Waals surface area contributed by atoms with Crippen molar-refractivity contribution in [2.24, 2.45) is 0 Å². The van der Waals surface area contributed by atoms with E-state index in [0.717, 1.165) is 0 Å². The van der Waals surface area contributed by atoms with Crippen LogP contribution in [0, 0.1) is 0 Å². The molecule has 0 heterocycles. The fourth-order valence-electron chi connectivity index (χ4n) is 2.37. The minimum atomic E-state index is -4.33. The van der Waals surface area contributed by atoms with Gasteiger partial charge in [-0.25, -0.2) is 16.8 Å². The van der Waals surface area contributed by atoms with Crippen molar-refractivity contribution >= 4 is 20.2 Å². The van der Waals surface area contributed by atoms with Gasteiger partial charge in [-0.05, 0) is 35.1 Å². The van der Waals surface area contributed by atoms with E-state index in [4.69, 9.17) is 0 Å². The molecule has 1 radical (unpaired) electrons. The second-order valence-corrected chi connectivity index (χ2v) is 8.99. The molecule has 0 saturated heterocycles. The van der Waals surface area contributed by atoms with E-state index in [0.29, 0.717) is 11.1 Å². The summed E-state index contributed by atoms with van der Waals surface area (Å²) in [6, 6.07) is 12.6. The van der Waals surface area contributed by atoms with Crippen molar-refractivity contribution in [1.29, 1.82) is 0 Å². The predicted molar refractivity (Wildman–Crippen MR) is 97.0 cm³/mol. The molecular weight excluding hydrogens is 431 g/mol. The topological polar surface area (TPSA) is 114 Å². The van der Waals surface area contributed by atoms with Gasteiger partial charge in [0.1, 0.15) is 20.2 Å². The average molecular weight is 453 g/mol. The van der Waals surface area contributed by atoms with E-state index in [1.165, 1.54) is 12.1 Å². The molecule has 0 aliphatic rings. The van der Waals surface area contributed by atoms with E-state index in [1.807, 2.05) is 27.7 Å². The molecule has 27 heavy (non-hydrogen) atoms. The predicted octanol–water partition coefficient (Wildman–Crippen LogP) is 3.43. The molecule has 2 aromatic carbocycles. The van der Waals surface area contributed by atoms with Crippen LogP contribution in [0.15, 0.2) is 58.3 Å². The van der Waals surface area contributed by atoms with E-state index in [1.54, 1.807) is 36.4 Å². The Morgan fingerprint density at radius 1 is 0.630 bits per heavy atom. The van der Waals surface area contributed by atoms with Gasteiger partial charge in [0, 0.05) is 0 Å². The fraction of sp³-hybridized carbons (Fsp3) is 0.333. The van der Waals surface area contributed by atoms with Crippen molar-refractivity contribution in [1.82, 2.24) is 0 Å². The summed E-state index contributed by atoms with van der Waals surface area (Å²) >= 11 is 0. The maximum atomic E-state index is 10.8. The molecule has 0 N–H and O–H groups in total. The van der Waals surface area contributed by atoms with Crippen molar-refractivity contribution < 1.29 is 43.0 Å². The molecule has 0 saturated carbocycles. The Bertz CT molecular complexity index is 872. The van der Waals surface area contributed by atoms with Gasteiger partial charge in [-0.3, -0.25) is 0 Å². The first-order valence-electron chi connectivity index (χ1n) is 7.95. The van der Waals surface area contributed by atoms with Gasteiger partial charge in [-0.1, -0.05) is 64.1 Å². The van der Waals surface area contributed by atoms with E-state index >= 15 is 0 Å². The number of benzene rings is 2. The van der Waals surface area contributed by atoms with Crippen LogP contribution in [0.4, 0.5) is 0 Å². The van der Waals surface area contributed by atoms with Crippen molar-refractivity contribution in [3.63, 3.8) is 0 Å². The summed E-state index contributed by atoms with van der Waals surface area (Å²) in [7, 11) is -8.66. The SMILES string of the molecule is CC(C)c1ccccc1S(=O)(=O)[O-].CC(C)c1ccccc1S(=O)(=O)[O-].[Mn+2]. The van der Waals surface area contributed by atoms with Crippen LogP contribution in [0.1, 0.15) is 50.7 Å². The molecule has 0 fully saturated rings. The summed E-state index contributed by atoms with van der Waals surface area (Å²) in [6.07, 6.45) is 0. The molecule has 2 aromatic rings. The first kappa shape index (κ1) is 25.8. The summed E-state index contributed by atoms with van der Waals surface area (Å²) in [4.78, 5) is -0.213. The zero-order chi connectivity index (χ0) is 20.1. The quantitative estimate of drug-likeness (QED) is 0.518. The van der Waals surface area contributed by atoms with Gasteiger partial charge >= 0.3 is 17.1 Å². The van der Waals surface area contributed by atoms with Crippen LogP contribution in [-0.2, 0) is 37.3 Å². The van der Waals surface area contributed by atoms with Crippen molar-refractivity contribution in [3.8, 4) is 0 Å². The standard InChI is InChI=1S/2C9H12O3S.Mn/c2*1-7(2)8-5-3-4-6-9(8)13(10,11)12;/h2*3-7H,1-2H3,(H,10,11,12);/q;;+2/p-2. The number of hydrogen-bond acceptors (Lipinski definition) is 6. The van der Waals surface area contributed by atoms with Crippen LogP contribution in [0.2, 0.25) is 0 Å². The molecule has 2 rings (SSSR count). The summed E-state index contributed by atoms with van der Waals surface area (Å²) in [5.41, 5.74) is 1.16. The summed E-state index contributed by atoms with van der Waals surface area (Å²) in [6.45, 7) is 7.40. The van der Waals surface area contributed by atoms with Gasteiger partial charge < -0.3 is 9.11 Å². The Hall–Kier alpha value is -1.22. The van der Waals surface area contributed by atoms with Crippen molar-refractivity contribution in [2.75, 3.05) is 0 Å². The molecule has 0 unspecified atom stereocenters. The summed E-state index contributed by atoms with van der Waals surface area (Å²) in [5, 5.41) is 0. The Labute approximate surface area is 172 Å². The molecule has 0 amide bonds. The van der Waals surface area contributed by atoms with Gasteiger partial charge in [-0.2, -0.15) is 0 Å². The van der Waals surface area contributed by atoms with E-state index < -0.39 is 20.2 Å². The van der Waals surface area contributed by atoms with Gasteiger partial charge in [0.05, 0.1) is 9.79 Å². The zero-order valence-electron chi connectivity index (χ0n) is 15.4. The summed E-state index contributed by atoms with van der Waals surface area (Å²) in [5.74, 6) is 0.0832. The molecular formula is C18H22MnO6S2. The molecule has 0 aromatic heterocycles. The molecule has 0 bridgehead atoms. The second-order valence-electron chi connectivity index (χ2n) is 6.29. The third kappa shape index (κ3) is 7.73. The molecule has 9 heteroatoms. The Kier molecular flexibility index (Phi) is 9.89. The second kappa shape index (κ2) is 10.4. The maximum absolute atomic E-state index is 10.8. The maximum Gasteiger partial charge on any atom is 2.00 e. The molecule has 0 atom stereocenters. The monoisotopic (exact) mass is 453 g/mol. The number of hydrogen-bond donors (Lipinski definition) is 0. The van der Waals surface area contributed by atoms with Crippen LogP contribution in [0.25, 0.3) is 0 Å². The molecule has 0 aliphatic carbocycles. The van der Waals surface area contributed by atoms with Crippen LogP contribution in [0.5, 0.6) is 0 Å².